The van der Waals surface area contributed by atoms with Crippen molar-refractivity contribution in [3.05, 3.63) is 72.9 Å². The number of phosphoric acid groups is 1. The van der Waals surface area contributed by atoms with Gasteiger partial charge in [-0.05, 0) is 77.0 Å². The minimum atomic E-state index is -4.39. The van der Waals surface area contributed by atoms with Gasteiger partial charge in [0, 0.05) is 19.4 Å². The topological polar surface area (TPSA) is 134 Å². The Morgan fingerprint density at radius 3 is 1.66 bits per heavy atom. The van der Waals surface area contributed by atoms with Gasteiger partial charge in [-0.3, -0.25) is 18.6 Å². The van der Waals surface area contributed by atoms with E-state index in [4.69, 9.17) is 24.3 Å². The third-order valence-corrected chi connectivity index (χ3v) is 9.08. The van der Waals surface area contributed by atoms with Crippen molar-refractivity contribution in [3.63, 3.8) is 0 Å². The predicted molar refractivity (Wildman–Crippen MR) is 219 cm³/mol. The van der Waals surface area contributed by atoms with Gasteiger partial charge in [0.25, 0.3) is 0 Å². The van der Waals surface area contributed by atoms with Crippen molar-refractivity contribution >= 4 is 19.8 Å². The Bertz CT molecular complexity index is 1100. The molecule has 2 atom stereocenters. The van der Waals surface area contributed by atoms with Crippen LogP contribution in [-0.2, 0) is 32.7 Å². The van der Waals surface area contributed by atoms with Crippen molar-refractivity contribution in [1.29, 1.82) is 0 Å². The number of esters is 2. The van der Waals surface area contributed by atoms with E-state index in [0.717, 1.165) is 64.2 Å². The van der Waals surface area contributed by atoms with Gasteiger partial charge < -0.3 is 20.1 Å². The molecular formula is C43H74NO8P. The van der Waals surface area contributed by atoms with Crippen molar-refractivity contribution in [2.45, 2.75) is 161 Å². The van der Waals surface area contributed by atoms with Gasteiger partial charge in [-0.15, -0.1) is 0 Å². The minimum absolute atomic E-state index is 0.0400. The molecule has 9 nitrogen and oxygen atoms in total. The normalized spacial score (nSPS) is 14.1. The molecule has 0 radical (unpaired) electrons. The van der Waals surface area contributed by atoms with Gasteiger partial charge in [0.1, 0.15) is 6.61 Å². The van der Waals surface area contributed by atoms with E-state index >= 15 is 0 Å². The largest absolute Gasteiger partial charge is 0.472 e. The fraction of sp³-hybridized carbons (Fsp3) is 0.674. The molecule has 304 valence electrons. The van der Waals surface area contributed by atoms with Crippen LogP contribution in [0.4, 0.5) is 0 Å². The smallest absolute Gasteiger partial charge is 0.462 e. The van der Waals surface area contributed by atoms with Gasteiger partial charge in [-0.2, -0.15) is 0 Å². The molecule has 3 N–H and O–H groups in total. The Labute approximate surface area is 322 Å². The lowest BCUT2D eigenvalue weighted by Crippen LogP contribution is -2.29. The van der Waals surface area contributed by atoms with Crippen LogP contribution < -0.4 is 5.73 Å². The molecule has 0 saturated carbocycles. The van der Waals surface area contributed by atoms with Crippen LogP contribution in [0.5, 0.6) is 0 Å². The van der Waals surface area contributed by atoms with Crippen LogP contribution >= 0.6 is 7.82 Å². The van der Waals surface area contributed by atoms with Crippen molar-refractivity contribution in [3.8, 4) is 0 Å². The molecular weight excluding hydrogens is 689 g/mol. The molecule has 0 spiro atoms. The molecule has 0 aliphatic carbocycles. The van der Waals surface area contributed by atoms with Crippen molar-refractivity contribution in [1.82, 2.24) is 0 Å². The average Bonchev–Trinajstić information content (AvgIpc) is 3.14. The summed E-state index contributed by atoms with van der Waals surface area (Å²) in [5.41, 5.74) is 5.33. The second-order valence-electron chi connectivity index (χ2n) is 13.2. The van der Waals surface area contributed by atoms with Crippen LogP contribution in [0.1, 0.15) is 155 Å². The number of carbonyl (C=O) groups is 2. The molecule has 1 unspecified atom stereocenters. The summed E-state index contributed by atoms with van der Waals surface area (Å²) in [7, 11) is -4.39. The summed E-state index contributed by atoms with van der Waals surface area (Å²) in [4.78, 5) is 34.8. The first kappa shape index (κ1) is 50.5. The van der Waals surface area contributed by atoms with Gasteiger partial charge in [-0.1, -0.05) is 138 Å². The van der Waals surface area contributed by atoms with Crippen LogP contribution in [0.2, 0.25) is 0 Å². The summed E-state index contributed by atoms with van der Waals surface area (Å²) in [5, 5.41) is 0. The molecule has 0 aliphatic heterocycles. The number of hydrogen-bond donors (Lipinski definition) is 2. The number of rotatable bonds is 37. The zero-order valence-corrected chi connectivity index (χ0v) is 34.1. The van der Waals surface area contributed by atoms with Crippen LogP contribution in [0.3, 0.4) is 0 Å². The van der Waals surface area contributed by atoms with E-state index in [1.807, 2.05) is 6.08 Å². The summed E-state index contributed by atoms with van der Waals surface area (Å²) >= 11 is 0. The lowest BCUT2D eigenvalue weighted by atomic mass is 10.1. The zero-order chi connectivity index (χ0) is 38.9. The number of unbranched alkanes of at least 4 members (excludes halogenated alkanes) is 13. The Kier molecular flexibility index (Phi) is 37.3. The fourth-order valence-corrected chi connectivity index (χ4v) is 5.79. The Morgan fingerprint density at radius 1 is 0.585 bits per heavy atom. The monoisotopic (exact) mass is 764 g/mol. The molecule has 0 aromatic carbocycles. The molecule has 53 heavy (non-hydrogen) atoms. The van der Waals surface area contributed by atoms with E-state index in [9.17, 15) is 19.0 Å². The van der Waals surface area contributed by atoms with E-state index in [1.54, 1.807) is 0 Å². The summed E-state index contributed by atoms with van der Waals surface area (Å²) < 4.78 is 32.6. The average molecular weight is 764 g/mol. The Morgan fingerprint density at radius 2 is 1.06 bits per heavy atom. The SMILES string of the molecule is CCCCC/C=C/C/C=C/C/C=C/C/C=C/CCCC(=O)OC[C@H](COP(=O)(O)OCCN)OC(=O)CCCCCCC/C=C/C=C/CCCCCC. The van der Waals surface area contributed by atoms with Crippen LogP contribution in [0.25, 0.3) is 0 Å². The lowest BCUT2D eigenvalue weighted by Gasteiger charge is -2.19. The van der Waals surface area contributed by atoms with Gasteiger partial charge in [-0.25, -0.2) is 4.57 Å². The third-order valence-electron chi connectivity index (χ3n) is 8.09. The predicted octanol–water partition coefficient (Wildman–Crippen LogP) is 11.5. The first-order chi connectivity index (χ1) is 25.8. The van der Waals surface area contributed by atoms with Crippen LogP contribution in [-0.4, -0.2) is 49.3 Å². The quantitative estimate of drug-likeness (QED) is 0.0208. The van der Waals surface area contributed by atoms with Crippen molar-refractivity contribution < 1.29 is 37.6 Å². The van der Waals surface area contributed by atoms with E-state index in [-0.39, 0.29) is 32.6 Å². The highest BCUT2D eigenvalue weighted by molar-refractivity contribution is 7.47. The second kappa shape index (κ2) is 39.2. The Hall–Kier alpha value is -2.55. The number of ether oxygens (including phenoxy) is 2. The van der Waals surface area contributed by atoms with Crippen LogP contribution in [0.15, 0.2) is 72.9 Å². The maximum absolute atomic E-state index is 12.5. The highest BCUT2D eigenvalue weighted by atomic mass is 31.2. The summed E-state index contributed by atoms with van der Waals surface area (Å²) in [6, 6.07) is 0. The minimum Gasteiger partial charge on any atom is -0.462 e. The molecule has 0 rings (SSSR count). The molecule has 0 fully saturated rings. The number of phosphoric ester groups is 1. The molecule has 0 amide bonds. The molecule has 10 heteroatoms. The summed E-state index contributed by atoms with van der Waals surface area (Å²) in [5.74, 6) is -0.919. The molecule has 0 aromatic heterocycles. The standard InChI is InChI=1S/C43H74NO8P/c1-3-5-7-9-11-13-15-17-19-20-22-23-25-27-29-31-33-35-42(45)49-39-41(40-51-53(47,48)50-38-37-44)52-43(46)36-34-32-30-28-26-24-21-18-16-14-12-10-8-6-4-2/h11,13-14,16-19,21-23,27,29,41H,3-10,12,15,20,24-26,28,30-40,44H2,1-2H3,(H,47,48)/b13-11+,16-14+,19-17+,21-18+,23-22+,29-27+/t41-/m1/s1. The highest BCUT2D eigenvalue weighted by Crippen LogP contribution is 2.43. The van der Waals surface area contributed by atoms with Crippen LogP contribution in [0, 0.1) is 0 Å². The fourth-order valence-electron chi connectivity index (χ4n) is 5.03. The van der Waals surface area contributed by atoms with E-state index < -0.39 is 32.5 Å². The first-order valence-electron chi connectivity index (χ1n) is 20.4. The highest BCUT2D eigenvalue weighted by Gasteiger charge is 2.25. The van der Waals surface area contributed by atoms with E-state index in [2.05, 4.69) is 80.7 Å². The molecule has 0 bridgehead atoms. The molecule has 0 aliphatic rings. The molecule has 0 saturated heterocycles. The summed E-state index contributed by atoms with van der Waals surface area (Å²) in [6.45, 7) is 3.58. The van der Waals surface area contributed by atoms with E-state index in [0.29, 0.717) is 12.8 Å². The van der Waals surface area contributed by atoms with Gasteiger partial charge in [0.2, 0.25) is 0 Å². The van der Waals surface area contributed by atoms with E-state index in [1.165, 1.54) is 51.4 Å². The maximum Gasteiger partial charge on any atom is 0.472 e. The zero-order valence-electron chi connectivity index (χ0n) is 33.2. The van der Waals surface area contributed by atoms with Gasteiger partial charge in [0.05, 0.1) is 13.2 Å². The number of allylic oxidation sites excluding steroid dienone is 12. The van der Waals surface area contributed by atoms with Gasteiger partial charge >= 0.3 is 19.8 Å². The molecule has 0 aromatic rings. The first-order valence-corrected chi connectivity index (χ1v) is 21.9. The van der Waals surface area contributed by atoms with Gasteiger partial charge in [0.15, 0.2) is 6.10 Å². The maximum atomic E-state index is 12.5. The number of nitrogens with two attached hydrogens (primary N) is 1. The third kappa shape index (κ3) is 39.0. The van der Waals surface area contributed by atoms with Crippen molar-refractivity contribution in [2.24, 2.45) is 5.73 Å². The lowest BCUT2D eigenvalue weighted by molar-refractivity contribution is -0.161. The number of hydrogen-bond acceptors (Lipinski definition) is 8. The number of carbonyl (C=O) groups excluding carboxylic acids is 2. The second-order valence-corrected chi connectivity index (χ2v) is 14.6. The summed E-state index contributed by atoms with van der Waals surface area (Å²) in [6.07, 6.45) is 46.5. The molecule has 0 heterocycles. The van der Waals surface area contributed by atoms with Crippen molar-refractivity contribution in [2.75, 3.05) is 26.4 Å². The Balaban J connectivity index is 4.33.